The second kappa shape index (κ2) is 6.43. The van der Waals surface area contributed by atoms with Crippen molar-refractivity contribution >= 4 is 20.4 Å². The first-order valence-corrected chi connectivity index (χ1v) is 10.9. The van der Waals surface area contributed by atoms with Crippen LogP contribution >= 0.6 is 0 Å². The van der Waals surface area contributed by atoms with Crippen LogP contribution < -0.4 is 0 Å². The molecule has 0 aliphatic carbocycles. The molecule has 7 heteroatoms. The first kappa shape index (κ1) is 20.0. The Hall–Kier alpha value is -1.08. The maximum atomic E-state index is 12.3. The van der Waals surface area contributed by atoms with Gasteiger partial charge in [0.2, 0.25) is 0 Å². The van der Waals surface area contributed by atoms with Crippen molar-refractivity contribution in [3.8, 4) is 0 Å². The molecule has 0 spiro atoms. The largest absolute Gasteiger partial charge is 0.480 e. The van der Waals surface area contributed by atoms with Crippen LogP contribution in [0.3, 0.4) is 0 Å². The normalized spacial score (nSPS) is 23.0. The van der Waals surface area contributed by atoms with E-state index in [9.17, 15) is 14.7 Å². The van der Waals surface area contributed by atoms with Crippen molar-refractivity contribution in [1.82, 2.24) is 4.90 Å². The lowest BCUT2D eigenvalue weighted by Gasteiger charge is -2.38. The van der Waals surface area contributed by atoms with Gasteiger partial charge in [-0.05, 0) is 38.9 Å². The summed E-state index contributed by atoms with van der Waals surface area (Å²) in [7, 11) is -2.02. The summed E-state index contributed by atoms with van der Waals surface area (Å²) in [6.07, 6.45) is -0.545. The molecule has 0 radical (unpaired) electrons. The van der Waals surface area contributed by atoms with E-state index in [0.29, 0.717) is 6.42 Å². The van der Waals surface area contributed by atoms with Gasteiger partial charge in [-0.15, -0.1) is 0 Å². The summed E-state index contributed by atoms with van der Waals surface area (Å²) in [4.78, 5) is 25.1. The molecule has 0 bridgehead atoms. The molecule has 0 aromatic carbocycles. The van der Waals surface area contributed by atoms with Crippen molar-refractivity contribution in [2.75, 3.05) is 6.54 Å². The summed E-state index contributed by atoms with van der Waals surface area (Å²) in [5, 5.41) is 9.45. The van der Waals surface area contributed by atoms with Crippen LogP contribution in [0, 0.1) is 0 Å². The van der Waals surface area contributed by atoms with Gasteiger partial charge < -0.3 is 14.3 Å². The molecule has 1 aliphatic rings. The zero-order valence-electron chi connectivity index (χ0n) is 15.6. The quantitative estimate of drug-likeness (QED) is 0.793. The van der Waals surface area contributed by atoms with E-state index in [-0.39, 0.29) is 17.7 Å². The SMILES string of the molecule is CC(C)(C)OC(=O)N1C[C@H](O[Si](C)(C)C(C)(C)C)CC1C(=O)O. The van der Waals surface area contributed by atoms with E-state index >= 15 is 0 Å². The highest BCUT2D eigenvalue weighted by atomic mass is 28.4. The molecule has 1 N–H and O–H groups in total. The third kappa shape index (κ3) is 5.21. The number of carboxylic acids is 1. The van der Waals surface area contributed by atoms with Crippen LogP contribution in [-0.4, -0.2) is 54.7 Å². The summed E-state index contributed by atoms with van der Waals surface area (Å²) in [5.41, 5.74) is -0.654. The van der Waals surface area contributed by atoms with Crippen LogP contribution in [0.2, 0.25) is 18.1 Å². The third-order valence-corrected chi connectivity index (χ3v) is 8.98. The van der Waals surface area contributed by atoms with Crippen LogP contribution in [-0.2, 0) is 14.0 Å². The predicted octanol–water partition coefficient (Wildman–Crippen LogP) is 3.47. The Bertz CT molecular complexity index is 464. The first-order chi connectivity index (χ1) is 10.1. The molecule has 1 aliphatic heterocycles. The standard InChI is InChI=1S/C16H31NO5Si/c1-15(2,3)21-14(20)17-10-11(9-12(17)13(18)19)22-23(7,8)16(4,5)6/h11-12H,9-10H2,1-8H3,(H,18,19)/t11-,12?/m1/s1. The first-order valence-electron chi connectivity index (χ1n) is 8.04. The summed E-state index contributed by atoms with van der Waals surface area (Å²) in [6, 6.07) is -0.889. The van der Waals surface area contributed by atoms with Crippen molar-refractivity contribution in [2.24, 2.45) is 0 Å². The fraction of sp³-hybridized carbons (Fsp3) is 0.875. The van der Waals surface area contributed by atoms with E-state index in [4.69, 9.17) is 9.16 Å². The Labute approximate surface area is 140 Å². The molecule has 1 unspecified atom stereocenters. The number of ether oxygens (including phenoxy) is 1. The Kier molecular flexibility index (Phi) is 5.58. The Morgan fingerprint density at radius 2 is 1.65 bits per heavy atom. The minimum absolute atomic E-state index is 0.0328. The molecule has 0 aromatic heterocycles. The molecule has 1 amide bonds. The van der Waals surface area contributed by atoms with E-state index in [0.717, 1.165) is 0 Å². The molecule has 0 saturated carbocycles. The number of carboxylic acid groups (broad SMARTS) is 1. The van der Waals surface area contributed by atoms with Crippen LogP contribution in [0.5, 0.6) is 0 Å². The number of nitrogens with zero attached hydrogens (tertiary/aromatic N) is 1. The number of aliphatic carboxylic acids is 1. The monoisotopic (exact) mass is 345 g/mol. The number of likely N-dealkylation sites (tertiary alicyclic amines) is 1. The molecule has 1 heterocycles. The molecular weight excluding hydrogens is 314 g/mol. The minimum Gasteiger partial charge on any atom is -0.480 e. The molecular formula is C16H31NO5Si. The smallest absolute Gasteiger partial charge is 0.411 e. The number of amides is 1. The number of carbonyl (C=O) groups is 2. The van der Waals surface area contributed by atoms with Crippen LogP contribution in [0.1, 0.15) is 48.0 Å². The highest BCUT2D eigenvalue weighted by Gasteiger charge is 2.46. The lowest BCUT2D eigenvalue weighted by Crippen LogP contribution is -2.45. The van der Waals surface area contributed by atoms with Gasteiger partial charge in [-0.25, -0.2) is 9.59 Å². The van der Waals surface area contributed by atoms with E-state index in [2.05, 4.69) is 33.9 Å². The zero-order chi connectivity index (χ0) is 18.2. The Morgan fingerprint density at radius 1 is 1.13 bits per heavy atom. The summed E-state index contributed by atoms with van der Waals surface area (Å²) < 4.78 is 11.6. The van der Waals surface area contributed by atoms with Gasteiger partial charge in [0, 0.05) is 13.0 Å². The van der Waals surface area contributed by atoms with Gasteiger partial charge in [-0.1, -0.05) is 20.8 Å². The topological polar surface area (TPSA) is 76.1 Å². The average Bonchev–Trinajstić information content (AvgIpc) is 2.68. The van der Waals surface area contributed by atoms with Crippen LogP contribution in [0.15, 0.2) is 0 Å². The average molecular weight is 346 g/mol. The third-order valence-electron chi connectivity index (χ3n) is 4.44. The number of hydrogen-bond donors (Lipinski definition) is 1. The molecule has 1 rings (SSSR count). The van der Waals surface area contributed by atoms with Gasteiger partial charge in [0.15, 0.2) is 8.32 Å². The van der Waals surface area contributed by atoms with Crippen LogP contribution in [0.25, 0.3) is 0 Å². The maximum absolute atomic E-state index is 12.3. The molecule has 134 valence electrons. The lowest BCUT2D eigenvalue weighted by atomic mass is 10.2. The molecule has 1 saturated heterocycles. The van der Waals surface area contributed by atoms with Gasteiger partial charge in [0.05, 0.1) is 6.10 Å². The molecule has 2 atom stereocenters. The summed E-state index contributed by atoms with van der Waals surface area (Å²) in [5.74, 6) is -1.02. The van der Waals surface area contributed by atoms with E-state index in [1.54, 1.807) is 20.8 Å². The van der Waals surface area contributed by atoms with E-state index < -0.39 is 32.0 Å². The molecule has 6 nitrogen and oxygen atoms in total. The van der Waals surface area contributed by atoms with Gasteiger partial charge >= 0.3 is 12.1 Å². The molecule has 23 heavy (non-hydrogen) atoms. The minimum atomic E-state index is -2.02. The highest BCUT2D eigenvalue weighted by Crippen LogP contribution is 2.39. The van der Waals surface area contributed by atoms with Crippen molar-refractivity contribution in [3.05, 3.63) is 0 Å². The Balaban J connectivity index is 2.87. The van der Waals surface area contributed by atoms with E-state index in [1.807, 2.05) is 0 Å². The van der Waals surface area contributed by atoms with Gasteiger partial charge in [0.25, 0.3) is 0 Å². The maximum Gasteiger partial charge on any atom is 0.411 e. The summed E-state index contributed by atoms with van der Waals surface area (Å²) >= 11 is 0. The number of hydrogen-bond acceptors (Lipinski definition) is 4. The second-order valence-corrected chi connectivity index (χ2v) is 13.5. The van der Waals surface area contributed by atoms with E-state index in [1.165, 1.54) is 4.90 Å². The van der Waals surface area contributed by atoms with Crippen LogP contribution in [0.4, 0.5) is 4.79 Å². The lowest BCUT2D eigenvalue weighted by molar-refractivity contribution is -0.142. The second-order valence-electron chi connectivity index (χ2n) is 8.72. The van der Waals surface area contributed by atoms with Crippen molar-refractivity contribution in [1.29, 1.82) is 0 Å². The van der Waals surface area contributed by atoms with Gasteiger partial charge in [0.1, 0.15) is 11.6 Å². The summed E-state index contributed by atoms with van der Waals surface area (Å²) in [6.45, 7) is 16.2. The highest BCUT2D eigenvalue weighted by molar-refractivity contribution is 6.74. The van der Waals surface area contributed by atoms with Crippen molar-refractivity contribution < 1.29 is 23.9 Å². The fourth-order valence-corrected chi connectivity index (χ4v) is 3.59. The molecule has 1 fully saturated rings. The predicted molar refractivity (Wildman–Crippen MR) is 91.1 cm³/mol. The zero-order valence-corrected chi connectivity index (χ0v) is 16.6. The van der Waals surface area contributed by atoms with Gasteiger partial charge in [-0.3, -0.25) is 4.90 Å². The van der Waals surface area contributed by atoms with Gasteiger partial charge in [-0.2, -0.15) is 0 Å². The number of carbonyl (C=O) groups excluding carboxylic acids is 1. The molecule has 0 aromatic rings. The Morgan fingerprint density at radius 3 is 2.04 bits per heavy atom. The number of rotatable bonds is 3. The fourth-order valence-electron chi connectivity index (χ4n) is 2.23. The van der Waals surface area contributed by atoms with Crippen molar-refractivity contribution in [3.63, 3.8) is 0 Å². The van der Waals surface area contributed by atoms with Crippen molar-refractivity contribution in [2.45, 2.75) is 83.8 Å².